The van der Waals surface area contributed by atoms with E-state index in [-0.39, 0.29) is 0 Å². The van der Waals surface area contributed by atoms with Gasteiger partial charge in [-0.05, 0) is 44.8 Å². The van der Waals surface area contributed by atoms with Gasteiger partial charge >= 0.3 is 0 Å². The molecule has 1 aliphatic rings. The highest BCUT2D eigenvalue weighted by molar-refractivity contribution is 4.72. The minimum absolute atomic E-state index is 1.05. The van der Waals surface area contributed by atoms with Gasteiger partial charge in [0, 0.05) is 0 Å². The van der Waals surface area contributed by atoms with E-state index in [1.807, 2.05) is 0 Å². The second kappa shape index (κ2) is 10.8. The standard InChI is InChI=1S/C17H35N/c1-3-5-7-9-11-17-12-15-18(16-13-17)14-10-8-6-4-2/h17H,3-16H2,1-2H3. The summed E-state index contributed by atoms with van der Waals surface area (Å²) < 4.78 is 0. The molecule has 0 amide bonds. The molecular weight excluding hydrogens is 218 g/mol. The Morgan fingerprint density at radius 3 is 2.00 bits per heavy atom. The Morgan fingerprint density at radius 1 is 0.778 bits per heavy atom. The summed E-state index contributed by atoms with van der Waals surface area (Å²) in [6, 6.07) is 0. The van der Waals surface area contributed by atoms with Crippen molar-refractivity contribution in [1.29, 1.82) is 0 Å². The summed E-state index contributed by atoms with van der Waals surface area (Å²) in [6.07, 6.45) is 15.9. The van der Waals surface area contributed by atoms with E-state index in [0.717, 1.165) is 5.92 Å². The number of hydrogen-bond acceptors (Lipinski definition) is 1. The summed E-state index contributed by atoms with van der Waals surface area (Å²) in [5, 5.41) is 0. The van der Waals surface area contributed by atoms with Crippen LogP contribution in [-0.2, 0) is 0 Å². The van der Waals surface area contributed by atoms with Crippen molar-refractivity contribution < 1.29 is 0 Å². The monoisotopic (exact) mass is 253 g/mol. The zero-order valence-electron chi connectivity index (χ0n) is 12.9. The predicted octanol–water partition coefficient (Wildman–Crippen LogP) is 5.25. The van der Waals surface area contributed by atoms with Crippen LogP contribution in [0.1, 0.15) is 84.5 Å². The normalized spacial score (nSPS) is 18.3. The third-order valence-electron chi connectivity index (χ3n) is 4.50. The maximum absolute atomic E-state index is 2.71. The highest BCUT2D eigenvalue weighted by Gasteiger charge is 2.17. The second-order valence-corrected chi connectivity index (χ2v) is 6.20. The van der Waals surface area contributed by atoms with Crippen molar-refractivity contribution in [3.8, 4) is 0 Å². The lowest BCUT2D eigenvalue weighted by atomic mass is 9.91. The molecule has 0 atom stereocenters. The maximum atomic E-state index is 2.71. The number of hydrogen-bond donors (Lipinski definition) is 0. The van der Waals surface area contributed by atoms with Crippen molar-refractivity contribution in [2.75, 3.05) is 19.6 Å². The van der Waals surface area contributed by atoms with E-state index in [4.69, 9.17) is 0 Å². The van der Waals surface area contributed by atoms with Crippen LogP contribution in [0.4, 0.5) is 0 Å². The highest BCUT2D eigenvalue weighted by Crippen LogP contribution is 2.23. The Morgan fingerprint density at radius 2 is 1.39 bits per heavy atom. The Hall–Kier alpha value is -0.0400. The lowest BCUT2D eigenvalue weighted by Gasteiger charge is -2.32. The van der Waals surface area contributed by atoms with Crippen molar-refractivity contribution in [2.24, 2.45) is 5.92 Å². The van der Waals surface area contributed by atoms with Gasteiger partial charge in [0.1, 0.15) is 0 Å². The summed E-state index contributed by atoms with van der Waals surface area (Å²) in [4.78, 5) is 2.71. The van der Waals surface area contributed by atoms with Crippen molar-refractivity contribution in [3.63, 3.8) is 0 Å². The first-order valence-corrected chi connectivity index (χ1v) is 8.59. The maximum Gasteiger partial charge on any atom is -0.00161 e. The third kappa shape index (κ3) is 7.41. The average molecular weight is 253 g/mol. The molecule has 1 fully saturated rings. The van der Waals surface area contributed by atoms with Crippen molar-refractivity contribution >= 4 is 0 Å². The van der Waals surface area contributed by atoms with E-state index in [2.05, 4.69) is 18.7 Å². The number of piperidine rings is 1. The van der Waals surface area contributed by atoms with Gasteiger partial charge < -0.3 is 4.90 Å². The van der Waals surface area contributed by atoms with Gasteiger partial charge in [-0.3, -0.25) is 0 Å². The number of likely N-dealkylation sites (tertiary alicyclic amines) is 1. The number of unbranched alkanes of at least 4 members (excludes halogenated alkanes) is 6. The minimum Gasteiger partial charge on any atom is -0.303 e. The highest BCUT2D eigenvalue weighted by atomic mass is 15.1. The van der Waals surface area contributed by atoms with E-state index >= 15 is 0 Å². The fraction of sp³-hybridized carbons (Fsp3) is 1.00. The molecule has 1 heteroatoms. The van der Waals surface area contributed by atoms with E-state index in [9.17, 15) is 0 Å². The second-order valence-electron chi connectivity index (χ2n) is 6.20. The molecule has 1 saturated heterocycles. The van der Waals surface area contributed by atoms with E-state index in [1.54, 1.807) is 0 Å². The van der Waals surface area contributed by atoms with Crippen LogP contribution in [0.25, 0.3) is 0 Å². The Labute approximate surface area is 115 Å². The first-order valence-electron chi connectivity index (χ1n) is 8.59. The first kappa shape index (κ1) is 16.0. The molecule has 0 N–H and O–H groups in total. The number of rotatable bonds is 10. The van der Waals surface area contributed by atoms with E-state index < -0.39 is 0 Å². The minimum atomic E-state index is 1.05. The van der Waals surface area contributed by atoms with E-state index in [0.29, 0.717) is 0 Å². The molecule has 0 radical (unpaired) electrons. The lowest BCUT2D eigenvalue weighted by Crippen LogP contribution is -2.34. The molecule has 1 aliphatic heterocycles. The average Bonchev–Trinajstić information content (AvgIpc) is 2.41. The Bertz CT molecular complexity index is 150. The Kier molecular flexibility index (Phi) is 9.65. The smallest absolute Gasteiger partial charge is 0.00161 e. The van der Waals surface area contributed by atoms with E-state index in [1.165, 1.54) is 90.3 Å². The van der Waals surface area contributed by atoms with Crippen LogP contribution in [0.15, 0.2) is 0 Å². The van der Waals surface area contributed by atoms with Crippen LogP contribution in [0.2, 0.25) is 0 Å². The summed E-state index contributed by atoms with van der Waals surface area (Å²) in [6.45, 7) is 8.72. The van der Waals surface area contributed by atoms with Crippen molar-refractivity contribution in [1.82, 2.24) is 4.90 Å². The molecule has 0 aromatic heterocycles. The van der Waals surface area contributed by atoms with Crippen LogP contribution in [0.5, 0.6) is 0 Å². The molecule has 18 heavy (non-hydrogen) atoms. The van der Waals surface area contributed by atoms with Gasteiger partial charge in [0.2, 0.25) is 0 Å². The van der Waals surface area contributed by atoms with Gasteiger partial charge in [0.25, 0.3) is 0 Å². The number of nitrogens with zero attached hydrogens (tertiary/aromatic N) is 1. The van der Waals surface area contributed by atoms with Crippen LogP contribution in [-0.4, -0.2) is 24.5 Å². The SMILES string of the molecule is CCCCCCC1CCN(CCCCCC)CC1. The van der Waals surface area contributed by atoms with Gasteiger partial charge in [-0.1, -0.05) is 65.2 Å². The van der Waals surface area contributed by atoms with Crippen molar-refractivity contribution in [2.45, 2.75) is 84.5 Å². The largest absolute Gasteiger partial charge is 0.303 e. The quantitative estimate of drug-likeness (QED) is 0.481. The molecule has 0 aromatic carbocycles. The molecule has 1 nitrogen and oxygen atoms in total. The first-order chi connectivity index (χ1) is 8.86. The van der Waals surface area contributed by atoms with Crippen LogP contribution in [0, 0.1) is 5.92 Å². The molecule has 0 aromatic rings. The molecular formula is C17H35N. The third-order valence-corrected chi connectivity index (χ3v) is 4.50. The van der Waals surface area contributed by atoms with Crippen LogP contribution in [0.3, 0.4) is 0 Å². The van der Waals surface area contributed by atoms with Gasteiger partial charge in [-0.2, -0.15) is 0 Å². The molecule has 0 aliphatic carbocycles. The van der Waals surface area contributed by atoms with Gasteiger partial charge in [-0.25, -0.2) is 0 Å². The molecule has 108 valence electrons. The molecule has 0 spiro atoms. The fourth-order valence-corrected chi connectivity index (χ4v) is 3.12. The van der Waals surface area contributed by atoms with Crippen LogP contribution >= 0.6 is 0 Å². The van der Waals surface area contributed by atoms with Gasteiger partial charge in [0.15, 0.2) is 0 Å². The summed E-state index contributed by atoms with van der Waals surface area (Å²) >= 11 is 0. The fourth-order valence-electron chi connectivity index (χ4n) is 3.12. The summed E-state index contributed by atoms with van der Waals surface area (Å²) in [7, 11) is 0. The van der Waals surface area contributed by atoms with Crippen LogP contribution < -0.4 is 0 Å². The van der Waals surface area contributed by atoms with Crippen molar-refractivity contribution in [3.05, 3.63) is 0 Å². The Balaban J connectivity index is 1.95. The molecule has 0 saturated carbocycles. The summed E-state index contributed by atoms with van der Waals surface area (Å²) in [5.41, 5.74) is 0. The zero-order valence-corrected chi connectivity index (χ0v) is 12.9. The topological polar surface area (TPSA) is 3.24 Å². The molecule has 0 bridgehead atoms. The predicted molar refractivity (Wildman–Crippen MR) is 82.1 cm³/mol. The molecule has 1 rings (SSSR count). The molecule has 0 unspecified atom stereocenters. The van der Waals surface area contributed by atoms with Gasteiger partial charge in [0.05, 0.1) is 0 Å². The zero-order chi connectivity index (χ0) is 13.1. The van der Waals surface area contributed by atoms with Gasteiger partial charge in [-0.15, -0.1) is 0 Å². The summed E-state index contributed by atoms with van der Waals surface area (Å²) in [5.74, 6) is 1.05. The molecule has 1 heterocycles. The lowest BCUT2D eigenvalue weighted by molar-refractivity contribution is 0.174.